The number of thioether (sulfide) groups is 1. The first-order valence-corrected chi connectivity index (χ1v) is 15.4. The van der Waals surface area contributed by atoms with Crippen LogP contribution in [0.4, 0.5) is 23.7 Å². The van der Waals surface area contributed by atoms with Crippen molar-refractivity contribution in [1.29, 1.82) is 0 Å². The zero-order valence-electron chi connectivity index (χ0n) is 25.5. The van der Waals surface area contributed by atoms with E-state index in [1.54, 1.807) is 18.0 Å². The van der Waals surface area contributed by atoms with Gasteiger partial charge in [0.2, 0.25) is 0 Å². The molecule has 2 heterocycles. The number of aryl methyl sites for hydroxylation is 3. The highest BCUT2D eigenvalue weighted by molar-refractivity contribution is 8.14. The average Bonchev–Trinajstić information content (AvgIpc) is 3.47. The zero-order valence-corrected chi connectivity index (χ0v) is 26.4. The van der Waals surface area contributed by atoms with Crippen molar-refractivity contribution in [1.82, 2.24) is 14.8 Å². The quantitative estimate of drug-likeness (QED) is 0.198. The molecule has 3 aromatic carbocycles. The maximum Gasteiger partial charge on any atom is 0.573 e. The Kier molecular flexibility index (Phi) is 9.42. The second-order valence-corrected chi connectivity index (χ2v) is 12.1. The number of halogens is 3. The fourth-order valence-corrected chi connectivity index (χ4v) is 6.49. The van der Waals surface area contributed by atoms with E-state index in [-0.39, 0.29) is 17.7 Å². The van der Waals surface area contributed by atoms with E-state index >= 15 is 0 Å². The van der Waals surface area contributed by atoms with Gasteiger partial charge in [-0.15, -0.1) is 18.3 Å². The fraction of sp³-hybridized carbons (Fsp3) is 0.303. The Morgan fingerprint density at radius 2 is 1.73 bits per heavy atom. The van der Waals surface area contributed by atoms with Crippen molar-refractivity contribution in [3.8, 4) is 22.8 Å². The van der Waals surface area contributed by atoms with E-state index in [9.17, 15) is 18.0 Å². The van der Waals surface area contributed by atoms with Gasteiger partial charge in [0.15, 0.2) is 11.0 Å². The Labute approximate surface area is 264 Å². The highest BCUT2D eigenvalue weighted by Crippen LogP contribution is 2.35. The number of amides is 2. The van der Waals surface area contributed by atoms with Crippen LogP contribution in [0.2, 0.25) is 0 Å². The topological polar surface area (TPSA) is 85.0 Å². The van der Waals surface area contributed by atoms with Crippen LogP contribution in [0.3, 0.4) is 0 Å². The molecule has 0 spiro atoms. The summed E-state index contributed by atoms with van der Waals surface area (Å²) in [6.07, 6.45) is -0.676. The molecular weight excluding hydrogens is 601 g/mol. The molecule has 0 aliphatic carbocycles. The highest BCUT2D eigenvalue weighted by atomic mass is 32.2. The van der Waals surface area contributed by atoms with E-state index in [0.717, 1.165) is 40.1 Å². The van der Waals surface area contributed by atoms with Crippen molar-refractivity contribution >= 4 is 34.9 Å². The largest absolute Gasteiger partial charge is 0.573 e. The molecule has 8 nitrogen and oxygen atoms in total. The molecule has 1 fully saturated rings. The van der Waals surface area contributed by atoms with E-state index in [0.29, 0.717) is 16.7 Å². The molecule has 2 atom stereocenters. The van der Waals surface area contributed by atoms with Gasteiger partial charge in [0, 0.05) is 35.2 Å². The molecule has 234 valence electrons. The lowest BCUT2D eigenvalue weighted by molar-refractivity contribution is -0.274. The number of alkyl halides is 3. The van der Waals surface area contributed by atoms with Crippen molar-refractivity contribution in [2.24, 2.45) is 9.98 Å². The van der Waals surface area contributed by atoms with Crippen molar-refractivity contribution in [2.75, 3.05) is 10.7 Å². The molecule has 0 N–H and O–H groups in total. The minimum Gasteiger partial charge on any atom is -0.406 e. The van der Waals surface area contributed by atoms with E-state index in [1.807, 2.05) is 31.2 Å². The number of aliphatic imine (C=N–C) groups is 2. The number of rotatable bonds is 6. The lowest BCUT2D eigenvalue weighted by atomic mass is 10.0. The minimum atomic E-state index is -4.75. The molecule has 4 aromatic rings. The van der Waals surface area contributed by atoms with Crippen LogP contribution in [-0.4, -0.2) is 50.3 Å². The molecule has 1 aromatic heterocycles. The van der Waals surface area contributed by atoms with Gasteiger partial charge in [-0.2, -0.15) is 4.99 Å². The zero-order chi connectivity index (χ0) is 32.3. The lowest BCUT2D eigenvalue weighted by Crippen LogP contribution is -2.42. The molecule has 0 saturated carbocycles. The van der Waals surface area contributed by atoms with Crippen molar-refractivity contribution < 1.29 is 22.7 Å². The van der Waals surface area contributed by atoms with Crippen LogP contribution >= 0.6 is 11.8 Å². The molecule has 0 bridgehead atoms. The predicted molar refractivity (Wildman–Crippen MR) is 173 cm³/mol. The van der Waals surface area contributed by atoms with Gasteiger partial charge in [-0.05, 0) is 75.1 Å². The molecular formula is C33H33F3N6O2S. The number of hydrogen-bond acceptors (Lipinski definition) is 5. The Morgan fingerprint density at radius 3 is 2.38 bits per heavy atom. The first kappa shape index (κ1) is 32.0. The second-order valence-electron chi connectivity index (χ2n) is 11.0. The van der Waals surface area contributed by atoms with Gasteiger partial charge in [-0.3, -0.25) is 0 Å². The number of hydrogen-bond donors (Lipinski definition) is 0. The minimum absolute atomic E-state index is 0.151. The molecule has 0 radical (unpaired) electrons. The smallest absolute Gasteiger partial charge is 0.406 e. The molecule has 5 rings (SSSR count). The van der Waals surface area contributed by atoms with Gasteiger partial charge in [0.25, 0.3) is 0 Å². The normalized spacial score (nSPS) is 17.2. The van der Waals surface area contributed by atoms with E-state index in [2.05, 4.69) is 69.5 Å². The van der Waals surface area contributed by atoms with E-state index in [1.165, 1.54) is 40.8 Å². The summed E-state index contributed by atoms with van der Waals surface area (Å²) < 4.78 is 42.7. The third-order valence-corrected chi connectivity index (χ3v) is 8.40. The average molecular weight is 635 g/mol. The summed E-state index contributed by atoms with van der Waals surface area (Å²) in [5.74, 6) is 0.871. The number of benzene rings is 3. The SMILES string of the molecule is Cc1cc(C)c(N2C(=NC(=O)N=CC(C)c3ccc(-c4ncn(-c5ccc(OC(F)(F)F)cc5)n4)cc3)SCCC2C)c(C)c1. The number of ether oxygens (including phenoxy) is 1. The summed E-state index contributed by atoms with van der Waals surface area (Å²) in [6, 6.07) is 16.9. The Hall–Kier alpha value is -4.45. The summed E-state index contributed by atoms with van der Waals surface area (Å²) in [4.78, 5) is 28.0. The molecule has 45 heavy (non-hydrogen) atoms. The van der Waals surface area contributed by atoms with Crippen molar-refractivity contribution in [3.63, 3.8) is 0 Å². The first-order chi connectivity index (χ1) is 21.4. The summed E-state index contributed by atoms with van der Waals surface area (Å²) in [7, 11) is 0. The van der Waals surface area contributed by atoms with Crippen LogP contribution < -0.4 is 9.64 Å². The van der Waals surface area contributed by atoms with Crippen molar-refractivity contribution in [3.05, 3.63) is 89.2 Å². The van der Waals surface area contributed by atoms with Crippen LogP contribution in [0.1, 0.15) is 48.4 Å². The molecule has 1 saturated heterocycles. The second kappa shape index (κ2) is 13.3. The summed E-state index contributed by atoms with van der Waals surface area (Å²) >= 11 is 1.57. The fourth-order valence-electron chi connectivity index (χ4n) is 5.29. The van der Waals surface area contributed by atoms with E-state index in [4.69, 9.17) is 0 Å². The number of carbonyl (C=O) groups excluding carboxylic acids is 1. The maximum absolute atomic E-state index is 12.9. The number of anilines is 1. The van der Waals surface area contributed by atoms with Gasteiger partial charge in [-0.25, -0.2) is 19.5 Å². The standard InChI is InChI=1S/C33H33F3N6O2S/c1-20-16-21(2)29(22(3)17-20)42-24(5)14-15-45-32(42)39-31(43)37-18-23(4)25-6-8-26(9-7-25)30-38-19-41(40-30)27-10-12-28(13-11-27)44-33(34,35)36/h6-13,16-19,23-24H,14-15H2,1-5H3. The Morgan fingerprint density at radius 1 is 1.07 bits per heavy atom. The van der Waals surface area contributed by atoms with Crippen molar-refractivity contribution in [2.45, 2.75) is 59.4 Å². The van der Waals surface area contributed by atoms with Gasteiger partial charge < -0.3 is 9.64 Å². The Balaban J connectivity index is 1.25. The summed E-state index contributed by atoms with van der Waals surface area (Å²) in [6.45, 7) is 10.4. The van der Waals surface area contributed by atoms with Gasteiger partial charge in [0.05, 0.1) is 5.69 Å². The van der Waals surface area contributed by atoms with Gasteiger partial charge >= 0.3 is 12.4 Å². The highest BCUT2D eigenvalue weighted by Gasteiger charge is 2.31. The van der Waals surface area contributed by atoms with E-state index < -0.39 is 12.4 Å². The summed E-state index contributed by atoms with van der Waals surface area (Å²) in [5, 5.41) is 5.11. The number of nitrogens with zero attached hydrogens (tertiary/aromatic N) is 6. The molecule has 2 amide bonds. The van der Waals surface area contributed by atoms with Crippen LogP contribution in [0.15, 0.2) is 77.0 Å². The number of aromatic nitrogens is 3. The third-order valence-electron chi connectivity index (χ3n) is 7.41. The number of amidine groups is 1. The monoisotopic (exact) mass is 634 g/mol. The Bertz CT molecular complexity index is 1710. The lowest BCUT2D eigenvalue weighted by Gasteiger charge is -2.37. The van der Waals surface area contributed by atoms with Gasteiger partial charge in [0.1, 0.15) is 12.1 Å². The summed E-state index contributed by atoms with van der Waals surface area (Å²) in [5.41, 5.74) is 6.83. The number of carbonyl (C=O) groups is 1. The molecule has 2 unspecified atom stereocenters. The van der Waals surface area contributed by atoms with Crippen LogP contribution in [0, 0.1) is 20.8 Å². The van der Waals surface area contributed by atoms with Crippen LogP contribution in [0.5, 0.6) is 5.75 Å². The van der Waals surface area contributed by atoms with Crippen LogP contribution in [0.25, 0.3) is 17.1 Å². The molecule has 1 aliphatic rings. The molecule has 1 aliphatic heterocycles. The number of urea groups is 1. The molecule has 12 heteroatoms. The van der Waals surface area contributed by atoms with Crippen LogP contribution in [-0.2, 0) is 0 Å². The van der Waals surface area contributed by atoms with Gasteiger partial charge in [-0.1, -0.05) is 60.6 Å². The predicted octanol–water partition coefficient (Wildman–Crippen LogP) is 8.44. The maximum atomic E-state index is 12.9. The third kappa shape index (κ3) is 7.80. The first-order valence-electron chi connectivity index (χ1n) is 14.4.